The lowest BCUT2D eigenvalue weighted by molar-refractivity contribution is -0.135. The Morgan fingerprint density at radius 1 is 1.17 bits per heavy atom. The lowest BCUT2D eigenvalue weighted by atomic mass is 9.78. The molecule has 0 N–H and O–H groups in total. The van der Waals surface area contributed by atoms with E-state index in [0.717, 1.165) is 31.7 Å². The van der Waals surface area contributed by atoms with Crippen molar-refractivity contribution in [1.82, 2.24) is 9.80 Å². The van der Waals surface area contributed by atoms with Gasteiger partial charge in [0, 0.05) is 25.7 Å². The first-order valence-electron chi connectivity index (χ1n) is 8.33. The minimum atomic E-state index is 0.0778. The second-order valence-electron chi connectivity index (χ2n) is 6.84. The van der Waals surface area contributed by atoms with Crippen LogP contribution >= 0.6 is 0 Å². The van der Waals surface area contributed by atoms with E-state index < -0.39 is 0 Å². The predicted molar refractivity (Wildman–Crippen MR) is 88.9 cm³/mol. The second kappa shape index (κ2) is 6.79. The third kappa shape index (κ3) is 3.78. The molecule has 2 aliphatic rings. The molecule has 0 radical (unpaired) electrons. The number of carbonyl (C=O) groups excluding carboxylic acids is 1. The number of nitrogens with zero attached hydrogens (tertiary/aromatic N) is 2. The summed E-state index contributed by atoms with van der Waals surface area (Å²) in [5, 5.41) is 0. The smallest absolute Gasteiger partial charge is 0.260 e. The number of carbonyl (C=O) groups is 1. The Morgan fingerprint density at radius 3 is 2.52 bits per heavy atom. The van der Waals surface area contributed by atoms with Crippen LogP contribution in [0, 0.1) is 5.41 Å². The van der Waals surface area contributed by atoms with E-state index in [1.54, 1.807) is 13.2 Å². The topological polar surface area (TPSA) is 42.0 Å². The van der Waals surface area contributed by atoms with Gasteiger partial charge in [0.25, 0.3) is 5.91 Å². The Bertz CT molecular complexity index is 553. The molecule has 0 unspecified atom stereocenters. The van der Waals surface area contributed by atoms with Gasteiger partial charge in [-0.3, -0.25) is 4.79 Å². The number of amides is 1. The molecule has 1 spiro atoms. The van der Waals surface area contributed by atoms with Crippen molar-refractivity contribution in [3.8, 4) is 11.5 Å². The molecular formula is C18H26N2O3. The molecule has 0 atom stereocenters. The maximum Gasteiger partial charge on any atom is 0.260 e. The highest BCUT2D eigenvalue weighted by Gasteiger charge is 2.40. The summed E-state index contributed by atoms with van der Waals surface area (Å²) in [6, 6.07) is 7.36. The fourth-order valence-corrected chi connectivity index (χ4v) is 3.72. The first kappa shape index (κ1) is 16.1. The van der Waals surface area contributed by atoms with Gasteiger partial charge in [0.2, 0.25) is 0 Å². The largest absolute Gasteiger partial charge is 0.497 e. The first-order valence-corrected chi connectivity index (χ1v) is 8.33. The molecule has 2 aliphatic heterocycles. The Kier molecular flexibility index (Phi) is 4.76. The SMILES string of the molecule is COc1cccc(OCC(=O)N2CCC3(CCN(C)C3)CC2)c1. The molecule has 3 rings (SSSR count). The lowest BCUT2D eigenvalue weighted by Crippen LogP contribution is -2.45. The van der Waals surface area contributed by atoms with E-state index in [4.69, 9.17) is 9.47 Å². The number of likely N-dealkylation sites (tertiary alicyclic amines) is 2. The average molecular weight is 318 g/mol. The molecule has 126 valence electrons. The van der Waals surface area contributed by atoms with Crippen LogP contribution in [0.25, 0.3) is 0 Å². The maximum atomic E-state index is 12.4. The molecule has 2 heterocycles. The zero-order valence-corrected chi connectivity index (χ0v) is 14.1. The van der Waals surface area contributed by atoms with Crippen molar-refractivity contribution >= 4 is 5.91 Å². The average Bonchev–Trinajstić information content (AvgIpc) is 2.94. The summed E-state index contributed by atoms with van der Waals surface area (Å²) >= 11 is 0. The quantitative estimate of drug-likeness (QED) is 0.852. The summed E-state index contributed by atoms with van der Waals surface area (Å²) in [7, 11) is 3.81. The predicted octanol–water partition coefficient (Wildman–Crippen LogP) is 2.02. The number of hydrogen-bond acceptors (Lipinski definition) is 4. The van der Waals surface area contributed by atoms with Crippen molar-refractivity contribution in [2.24, 2.45) is 5.41 Å². The monoisotopic (exact) mass is 318 g/mol. The van der Waals surface area contributed by atoms with E-state index in [1.165, 1.54) is 19.5 Å². The molecular weight excluding hydrogens is 292 g/mol. The number of rotatable bonds is 4. The summed E-state index contributed by atoms with van der Waals surface area (Å²) in [4.78, 5) is 16.7. The minimum Gasteiger partial charge on any atom is -0.497 e. The molecule has 2 saturated heterocycles. The van der Waals surface area contributed by atoms with Gasteiger partial charge in [0.05, 0.1) is 7.11 Å². The number of benzene rings is 1. The zero-order valence-electron chi connectivity index (χ0n) is 14.1. The van der Waals surface area contributed by atoms with Crippen LogP contribution < -0.4 is 9.47 Å². The minimum absolute atomic E-state index is 0.0778. The van der Waals surface area contributed by atoms with Gasteiger partial charge >= 0.3 is 0 Å². The maximum absolute atomic E-state index is 12.4. The van der Waals surface area contributed by atoms with Gasteiger partial charge in [-0.05, 0) is 50.4 Å². The van der Waals surface area contributed by atoms with Crippen LogP contribution in [0.3, 0.4) is 0 Å². The number of piperidine rings is 1. The molecule has 0 aromatic heterocycles. The van der Waals surface area contributed by atoms with Gasteiger partial charge in [-0.2, -0.15) is 0 Å². The van der Waals surface area contributed by atoms with Gasteiger partial charge in [-0.1, -0.05) is 6.07 Å². The normalized spacial score (nSPS) is 20.7. The van der Waals surface area contributed by atoms with Gasteiger partial charge in [-0.15, -0.1) is 0 Å². The summed E-state index contributed by atoms with van der Waals surface area (Å²) in [5.74, 6) is 1.48. The molecule has 5 nitrogen and oxygen atoms in total. The van der Waals surface area contributed by atoms with E-state index >= 15 is 0 Å². The van der Waals surface area contributed by atoms with Gasteiger partial charge < -0.3 is 19.3 Å². The van der Waals surface area contributed by atoms with Crippen molar-refractivity contribution in [3.05, 3.63) is 24.3 Å². The molecule has 1 amide bonds. The van der Waals surface area contributed by atoms with Crippen molar-refractivity contribution in [2.75, 3.05) is 46.9 Å². The number of ether oxygens (including phenoxy) is 2. The van der Waals surface area contributed by atoms with E-state index in [1.807, 2.05) is 23.1 Å². The highest BCUT2D eigenvalue weighted by atomic mass is 16.5. The van der Waals surface area contributed by atoms with E-state index in [-0.39, 0.29) is 12.5 Å². The van der Waals surface area contributed by atoms with Crippen molar-refractivity contribution in [2.45, 2.75) is 19.3 Å². The number of methoxy groups -OCH3 is 1. The van der Waals surface area contributed by atoms with Crippen molar-refractivity contribution < 1.29 is 14.3 Å². The Balaban J connectivity index is 1.48. The Labute approximate surface area is 138 Å². The second-order valence-corrected chi connectivity index (χ2v) is 6.84. The number of hydrogen-bond donors (Lipinski definition) is 0. The van der Waals surface area contributed by atoms with E-state index in [9.17, 15) is 4.79 Å². The standard InChI is InChI=1S/C18H26N2O3/c1-19-9-6-18(14-19)7-10-20(11-8-18)17(21)13-23-16-5-3-4-15(12-16)22-2/h3-5,12H,6-11,13-14H2,1-2H3. The lowest BCUT2D eigenvalue weighted by Gasteiger charge is -2.39. The van der Waals surface area contributed by atoms with Crippen LogP contribution in [-0.4, -0.2) is 62.7 Å². The Morgan fingerprint density at radius 2 is 1.87 bits per heavy atom. The molecule has 0 bridgehead atoms. The molecule has 2 fully saturated rings. The van der Waals surface area contributed by atoms with Gasteiger partial charge in [-0.25, -0.2) is 0 Å². The molecule has 1 aromatic carbocycles. The molecule has 5 heteroatoms. The van der Waals surface area contributed by atoms with Crippen LogP contribution in [0.5, 0.6) is 11.5 Å². The zero-order chi connectivity index (χ0) is 16.3. The summed E-state index contributed by atoms with van der Waals surface area (Å²) in [5.41, 5.74) is 0.444. The van der Waals surface area contributed by atoms with E-state index in [2.05, 4.69) is 11.9 Å². The Hall–Kier alpha value is -1.75. The van der Waals surface area contributed by atoms with Crippen LogP contribution in [0.4, 0.5) is 0 Å². The van der Waals surface area contributed by atoms with E-state index in [0.29, 0.717) is 11.2 Å². The van der Waals surface area contributed by atoms with Crippen LogP contribution in [0.1, 0.15) is 19.3 Å². The molecule has 0 aliphatic carbocycles. The third-order valence-electron chi connectivity index (χ3n) is 5.21. The fraction of sp³-hybridized carbons (Fsp3) is 0.611. The molecule has 23 heavy (non-hydrogen) atoms. The van der Waals surface area contributed by atoms with Gasteiger partial charge in [0.1, 0.15) is 11.5 Å². The highest BCUT2D eigenvalue weighted by Crippen LogP contribution is 2.39. The molecule has 1 aromatic rings. The summed E-state index contributed by atoms with van der Waals surface area (Å²) in [6.45, 7) is 4.17. The van der Waals surface area contributed by atoms with Crippen molar-refractivity contribution in [1.29, 1.82) is 0 Å². The van der Waals surface area contributed by atoms with Crippen LogP contribution in [0.15, 0.2) is 24.3 Å². The molecule has 0 saturated carbocycles. The summed E-state index contributed by atoms with van der Waals surface area (Å²) < 4.78 is 10.8. The third-order valence-corrected chi connectivity index (χ3v) is 5.21. The van der Waals surface area contributed by atoms with Crippen molar-refractivity contribution in [3.63, 3.8) is 0 Å². The highest BCUT2D eigenvalue weighted by molar-refractivity contribution is 5.77. The van der Waals surface area contributed by atoms with Crippen LogP contribution in [0.2, 0.25) is 0 Å². The summed E-state index contributed by atoms with van der Waals surface area (Å²) in [6.07, 6.45) is 3.50. The van der Waals surface area contributed by atoms with Crippen LogP contribution in [-0.2, 0) is 4.79 Å². The fourth-order valence-electron chi connectivity index (χ4n) is 3.72. The first-order chi connectivity index (χ1) is 11.1. The van der Waals surface area contributed by atoms with Gasteiger partial charge in [0.15, 0.2) is 6.61 Å².